The molecule has 0 aliphatic carbocycles. The summed E-state index contributed by atoms with van der Waals surface area (Å²) in [7, 11) is 0. The van der Waals surface area contributed by atoms with Gasteiger partial charge in [0.25, 0.3) is 11.8 Å². The normalized spacial score (nSPS) is 18.9. The molecule has 0 bridgehead atoms. The molecule has 3 unspecified atom stereocenters. The van der Waals surface area contributed by atoms with Crippen molar-refractivity contribution in [1.82, 2.24) is 10.2 Å². The van der Waals surface area contributed by atoms with Crippen molar-refractivity contribution >= 4 is 23.5 Å². The second kappa shape index (κ2) is 12.7. The molecular formula is C32H40F3N3O4. The van der Waals surface area contributed by atoms with E-state index in [-0.39, 0.29) is 48.0 Å². The lowest BCUT2D eigenvalue weighted by Gasteiger charge is -2.37. The van der Waals surface area contributed by atoms with Crippen molar-refractivity contribution in [1.29, 1.82) is 0 Å². The van der Waals surface area contributed by atoms with Gasteiger partial charge in [-0.25, -0.2) is 0 Å². The minimum absolute atomic E-state index is 0.0179. The summed E-state index contributed by atoms with van der Waals surface area (Å²) in [5.41, 5.74) is -0.346. The first kappa shape index (κ1) is 32.8. The third-order valence-electron chi connectivity index (χ3n) is 8.20. The van der Waals surface area contributed by atoms with E-state index in [1.807, 2.05) is 13.8 Å². The molecule has 1 heterocycles. The SMILES string of the molecule is CC(CN1C(=O)C(c2cccc(C(F)(F)F)c2)=NC1(C)CCC(C)C(C)(C)C)c1ccc(C(=O)NCCC(=O)O)cc1. The van der Waals surface area contributed by atoms with Crippen LogP contribution in [0.4, 0.5) is 13.2 Å². The van der Waals surface area contributed by atoms with E-state index < -0.39 is 29.3 Å². The van der Waals surface area contributed by atoms with Crippen LogP contribution < -0.4 is 5.32 Å². The number of carbonyl (C=O) groups is 3. The minimum atomic E-state index is -4.54. The molecule has 3 rings (SSSR count). The van der Waals surface area contributed by atoms with Crippen LogP contribution in [0.15, 0.2) is 53.5 Å². The van der Waals surface area contributed by atoms with Gasteiger partial charge in [0.1, 0.15) is 11.4 Å². The van der Waals surface area contributed by atoms with Crippen molar-refractivity contribution in [3.05, 3.63) is 70.8 Å². The molecule has 0 saturated heterocycles. The van der Waals surface area contributed by atoms with Gasteiger partial charge in [0.15, 0.2) is 0 Å². The van der Waals surface area contributed by atoms with Crippen LogP contribution in [0.2, 0.25) is 0 Å². The molecule has 0 radical (unpaired) electrons. The summed E-state index contributed by atoms with van der Waals surface area (Å²) in [5, 5.41) is 11.3. The topological polar surface area (TPSA) is 99.1 Å². The largest absolute Gasteiger partial charge is 0.481 e. The summed E-state index contributed by atoms with van der Waals surface area (Å²) in [5.74, 6) is -1.67. The van der Waals surface area contributed by atoms with Crippen LogP contribution in [-0.4, -0.2) is 52.3 Å². The molecule has 3 atom stereocenters. The van der Waals surface area contributed by atoms with Crippen LogP contribution in [0.5, 0.6) is 0 Å². The smallest absolute Gasteiger partial charge is 0.416 e. The predicted octanol–water partition coefficient (Wildman–Crippen LogP) is 6.52. The van der Waals surface area contributed by atoms with Gasteiger partial charge in [0.05, 0.1) is 12.0 Å². The first-order valence-corrected chi connectivity index (χ1v) is 14.1. The number of halogens is 3. The number of carbonyl (C=O) groups excluding carboxylic acids is 2. The highest BCUT2D eigenvalue weighted by Crippen LogP contribution is 2.38. The second-order valence-corrected chi connectivity index (χ2v) is 12.4. The van der Waals surface area contributed by atoms with E-state index in [0.29, 0.717) is 17.9 Å². The van der Waals surface area contributed by atoms with Crippen LogP contribution in [-0.2, 0) is 15.8 Å². The van der Waals surface area contributed by atoms with E-state index in [4.69, 9.17) is 10.1 Å². The zero-order chi connectivity index (χ0) is 31.5. The van der Waals surface area contributed by atoms with E-state index in [0.717, 1.165) is 24.1 Å². The van der Waals surface area contributed by atoms with Gasteiger partial charge >= 0.3 is 12.1 Å². The van der Waals surface area contributed by atoms with Gasteiger partial charge in [0, 0.05) is 24.2 Å². The molecule has 1 aliphatic heterocycles. The van der Waals surface area contributed by atoms with Gasteiger partial charge in [-0.3, -0.25) is 19.4 Å². The van der Waals surface area contributed by atoms with Crippen molar-refractivity contribution in [3.8, 4) is 0 Å². The Hall–Kier alpha value is -3.69. The van der Waals surface area contributed by atoms with Crippen LogP contribution >= 0.6 is 0 Å². The first-order valence-electron chi connectivity index (χ1n) is 14.1. The van der Waals surface area contributed by atoms with Crippen molar-refractivity contribution in [3.63, 3.8) is 0 Å². The Bertz CT molecular complexity index is 1330. The number of alkyl halides is 3. The van der Waals surface area contributed by atoms with Gasteiger partial charge in [-0.1, -0.05) is 58.9 Å². The van der Waals surface area contributed by atoms with E-state index in [1.165, 1.54) is 12.1 Å². The fourth-order valence-corrected chi connectivity index (χ4v) is 4.85. The maximum Gasteiger partial charge on any atom is 0.416 e. The molecule has 2 aromatic carbocycles. The van der Waals surface area contributed by atoms with Crippen molar-refractivity contribution < 1.29 is 32.7 Å². The summed E-state index contributed by atoms with van der Waals surface area (Å²) >= 11 is 0. The Morgan fingerprint density at radius 3 is 2.29 bits per heavy atom. The molecule has 2 N–H and O–H groups in total. The van der Waals surface area contributed by atoms with Crippen molar-refractivity contribution in [2.24, 2.45) is 16.3 Å². The molecule has 2 amide bonds. The van der Waals surface area contributed by atoms with Crippen molar-refractivity contribution in [2.45, 2.75) is 78.6 Å². The quantitative estimate of drug-likeness (QED) is 0.313. The lowest BCUT2D eigenvalue weighted by atomic mass is 9.78. The standard InChI is InChI=1S/C32H40F3N3O4/c1-20(22-10-12-23(13-11-22)28(41)36-17-15-26(39)40)19-38-29(42)27(24-8-7-9-25(18-24)32(33,34)35)37-31(38,6)16-14-21(2)30(3,4)5/h7-13,18,20-21H,14-17,19H2,1-6H3,(H,36,41)(H,39,40). The lowest BCUT2D eigenvalue weighted by molar-refractivity contribution is -0.138. The maximum absolute atomic E-state index is 13.8. The molecule has 0 saturated carbocycles. The fourth-order valence-electron chi connectivity index (χ4n) is 4.85. The van der Waals surface area contributed by atoms with Crippen LogP contribution in [0.1, 0.15) is 93.8 Å². The monoisotopic (exact) mass is 587 g/mol. The number of nitrogens with one attached hydrogen (secondary N) is 1. The second-order valence-electron chi connectivity index (χ2n) is 12.4. The van der Waals surface area contributed by atoms with Crippen molar-refractivity contribution in [2.75, 3.05) is 13.1 Å². The molecule has 10 heteroatoms. The Labute approximate surface area is 245 Å². The number of hydrogen-bond donors (Lipinski definition) is 2. The summed E-state index contributed by atoms with van der Waals surface area (Å²) < 4.78 is 40.3. The number of carboxylic acids is 1. The summed E-state index contributed by atoms with van der Waals surface area (Å²) in [6.07, 6.45) is -3.41. The highest BCUT2D eigenvalue weighted by molar-refractivity contribution is 6.46. The van der Waals surface area contributed by atoms with E-state index in [2.05, 4.69) is 33.0 Å². The Morgan fingerprint density at radius 1 is 1.07 bits per heavy atom. The zero-order valence-electron chi connectivity index (χ0n) is 25.0. The number of rotatable bonds is 11. The van der Waals surface area contributed by atoms with E-state index >= 15 is 0 Å². The molecule has 42 heavy (non-hydrogen) atoms. The van der Waals surface area contributed by atoms with Gasteiger partial charge < -0.3 is 15.3 Å². The number of amides is 2. The summed E-state index contributed by atoms with van der Waals surface area (Å²) in [6.45, 7) is 12.7. The third kappa shape index (κ3) is 7.98. The number of aliphatic imine (C=N–C) groups is 1. The van der Waals surface area contributed by atoms with Crippen LogP contribution in [0.25, 0.3) is 0 Å². The first-order chi connectivity index (χ1) is 19.4. The molecule has 0 aromatic heterocycles. The Kier molecular flexibility index (Phi) is 9.90. The molecule has 0 fully saturated rings. The summed E-state index contributed by atoms with van der Waals surface area (Å²) in [4.78, 5) is 43.3. The average Bonchev–Trinajstić information content (AvgIpc) is 3.16. The molecule has 0 spiro atoms. The number of carboxylic acid groups (broad SMARTS) is 1. The molecule has 7 nitrogen and oxygen atoms in total. The third-order valence-corrected chi connectivity index (χ3v) is 8.20. The maximum atomic E-state index is 13.8. The van der Waals surface area contributed by atoms with Gasteiger partial charge in [-0.05, 0) is 66.8 Å². The molecule has 228 valence electrons. The van der Waals surface area contributed by atoms with E-state index in [1.54, 1.807) is 29.2 Å². The predicted molar refractivity (Wildman–Crippen MR) is 155 cm³/mol. The fraction of sp³-hybridized carbons (Fsp3) is 0.500. The molecular weight excluding hydrogens is 547 g/mol. The average molecular weight is 588 g/mol. The molecule has 2 aromatic rings. The number of nitrogens with zero attached hydrogens (tertiary/aromatic N) is 2. The number of hydrogen-bond acceptors (Lipinski definition) is 4. The lowest BCUT2D eigenvalue weighted by Crippen LogP contribution is -2.47. The Morgan fingerprint density at radius 2 is 1.71 bits per heavy atom. The number of aliphatic carboxylic acids is 1. The zero-order valence-corrected chi connectivity index (χ0v) is 25.0. The van der Waals surface area contributed by atoms with Gasteiger partial charge in [-0.2, -0.15) is 13.2 Å². The van der Waals surface area contributed by atoms with Gasteiger partial charge in [0.2, 0.25) is 0 Å². The van der Waals surface area contributed by atoms with E-state index in [9.17, 15) is 27.6 Å². The van der Waals surface area contributed by atoms with Crippen LogP contribution in [0.3, 0.4) is 0 Å². The minimum Gasteiger partial charge on any atom is -0.481 e. The highest BCUT2D eigenvalue weighted by Gasteiger charge is 2.45. The van der Waals surface area contributed by atoms with Crippen LogP contribution in [0, 0.1) is 11.3 Å². The van der Waals surface area contributed by atoms with Gasteiger partial charge in [-0.15, -0.1) is 0 Å². The Balaban J connectivity index is 1.86. The molecule has 1 aliphatic rings. The number of benzene rings is 2. The highest BCUT2D eigenvalue weighted by atomic mass is 19.4. The summed E-state index contributed by atoms with van der Waals surface area (Å²) in [6, 6.07) is 11.6.